The molecule has 1 saturated heterocycles. The molecule has 0 saturated carbocycles. The van der Waals surface area contributed by atoms with Crippen LogP contribution in [0.25, 0.3) is 11.0 Å². The molecule has 1 aliphatic heterocycles. The van der Waals surface area contributed by atoms with Gasteiger partial charge in [0, 0.05) is 38.6 Å². The van der Waals surface area contributed by atoms with Gasteiger partial charge in [-0.05, 0) is 46.6 Å². The first kappa shape index (κ1) is 20.1. The number of nitrogens with zero attached hydrogens (tertiary/aromatic N) is 6. The van der Waals surface area contributed by atoms with Crippen LogP contribution in [0.2, 0.25) is 0 Å². The Labute approximate surface area is 186 Å². The summed E-state index contributed by atoms with van der Waals surface area (Å²) in [5.74, 6) is -0.215. The Balaban J connectivity index is 1.26. The van der Waals surface area contributed by atoms with Crippen LogP contribution < -0.4 is 10.2 Å². The van der Waals surface area contributed by atoms with Gasteiger partial charge in [0.2, 0.25) is 0 Å². The molecule has 3 aromatic heterocycles. The monoisotopic (exact) mass is 449 g/mol. The molecule has 1 fully saturated rings. The third-order valence-electron chi connectivity index (χ3n) is 5.18. The van der Waals surface area contributed by atoms with E-state index in [1.54, 1.807) is 29.1 Å². The lowest BCUT2D eigenvalue weighted by molar-refractivity contribution is 0.0954. The Morgan fingerprint density at radius 3 is 2.91 bits per heavy atom. The molecule has 10 nitrogen and oxygen atoms in total. The summed E-state index contributed by atoms with van der Waals surface area (Å²) in [4.78, 5) is 38.0. The molecule has 0 aliphatic carbocycles. The number of fused-ring (bicyclic) bond motifs is 1. The highest BCUT2D eigenvalue weighted by Crippen LogP contribution is 2.29. The molecule has 0 atom stereocenters. The lowest BCUT2D eigenvalue weighted by atomic mass is 10.2. The third kappa shape index (κ3) is 3.89. The highest BCUT2D eigenvalue weighted by atomic mass is 32.1. The molecule has 162 valence electrons. The number of amides is 3. The van der Waals surface area contributed by atoms with Gasteiger partial charge in [-0.3, -0.25) is 14.7 Å². The van der Waals surface area contributed by atoms with Crippen LogP contribution >= 0.6 is 11.3 Å². The molecule has 32 heavy (non-hydrogen) atoms. The molecule has 4 aromatic rings. The SMILES string of the molecule is Cc1nc(N2CCN(Cc3ccc4nonc4c3)C2=O)sc1C(=O)NCc1cccnc1. The van der Waals surface area contributed by atoms with Crippen LogP contribution in [0, 0.1) is 6.92 Å². The smallest absolute Gasteiger partial charge is 0.326 e. The van der Waals surface area contributed by atoms with Gasteiger partial charge < -0.3 is 10.2 Å². The van der Waals surface area contributed by atoms with E-state index in [0.717, 1.165) is 11.1 Å². The first-order valence-corrected chi connectivity index (χ1v) is 10.8. The minimum atomic E-state index is -0.215. The fourth-order valence-electron chi connectivity index (χ4n) is 3.53. The molecular weight excluding hydrogens is 430 g/mol. The summed E-state index contributed by atoms with van der Waals surface area (Å²) in [5, 5.41) is 11.1. The number of anilines is 1. The standard InChI is InChI=1S/C21H19N7O3S/c1-13-18(19(29)23-11-15-3-2-6-22-10-15)32-20(24-13)28-8-7-27(21(28)30)12-14-4-5-16-17(9-14)26-31-25-16/h2-6,9-10H,7-8,11-12H2,1H3,(H,23,29). The van der Waals surface area contributed by atoms with E-state index in [1.165, 1.54) is 11.3 Å². The van der Waals surface area contributed by atoms with Crippen LogP contribution in [0.1, 0.15) is 26.5 Å². The van der Waals surface area contributed by atoms with Gasteiger partial charge in [0.25, 0.3) is 5.91 Å². The normalized spacial score (nSPS) is 13.8. The maximum Gasteiger partial charge on any atom is 0.326 e. The highest BCUT2D eigenvalue weighted by Gasteiger charge is 2.32. The zero-order chi connectivity index (χ0) is 22.1. The van der Waals surface area contributed by atoms with Crippen LogP contribution in [0.4, 0.5) is 9.93 Å². The predicted octanol–water partition coefficient (Wildman–Crippen LogP) is 2.75. The van der Waals surface area contributed by atoms with Gasteiger partial charge in [0.1, 0.15) is 15.9 Å². The average molecular weight is 449 g/mol. The van der Waals surface area contributed by atoms with Crippen molar-refractivity contribution in [2.24, 2.45) is 0 Å². The summed E-state index contributed by atoms with van der Waals surface area (Å²) in [6.07, 6.45) is 3.39. The number of hydrogen-bond donors (Lipinski definition) is 1. The minimum Gasteiger partial charge on any atom is -0.347 e. The number of aryl methyl sites for hydroxylation is 1. The molecule has 4 heterocycles. The summed E-state index contributed by atoms with van der Waals surface area (Å²) >= 11 is 1.22. The zero-order valence-corrected chi connectivity index (χ0v) is 18.0. The van der Waals surface area contributed by atoms with Crippen molar-refractivity contribution in [1.29, 1.82) is 0 Å². The van der Waals surface area contributed by atoms with Gasteiger partial charge >= 0.3 is 6.03 Å². The number of pyridine rings is 1. The van der Waals surface area contributed by atoms with E-state index >= 15 is 0 Å². The molecule has 0 bridgehead atoms. The van der Waals surface area contributed by atoms with E-state index in [1.807, 2.05) is 30.3 Å². The largest absolute Gasteiger partial charge is 0.347 e. The molecule has 1 aromatic carbocycles. The molecule has 3 amide bonds. The second kappa shape index (κ2) is 8.35. The van der Waals surface area contributed by atoms with Crippen LogP contribution in [-0.4, -0.2) is 50.2 Å². The van der Waals surface area contributed by atoms with Crippen molar-refractivity contribution >= 4 is 39.4 Å². The minimum absolute atomic E-state index is 0.139. The van der Waals surface area contributed by atoms with Gasteiger partial charge in [-0.1, -0.05) is 23.5 Å². The molecule has 1 N–H and O–H groups in total. The summed E-state index contributed by atoms with van der Waals surface area (Å²) < 4.78 is 4.73. The van der Waals surface area contributed by atoms with E-state index in [9.17, 15) is 9.59 Å². The van der Waals surface area contributed by atoms with Gasteiger partial charge in [-0.25, -0.2) is 14.4 Å². The Bertz CT molecular complexity index is 1290. The maximum absolute atomic E-state index is 13.0. The third-order valence-corrected chi connectivity index (χ3v) is 6.36. The van der Waals surface area contributed by atoms with Crippen LogP contribution in [0.5, 0.6) is 0 Å². The van der Waals surface area contributed by atoms with Crippen molar-refractivity contribution < 1.29 is 14.2 Å². The van der Waals surface area contributed by atoms with Crippen LogP contribution in [0.15, 0.2) is 47.4 Å². The topological polar surface area (TPSA) is 117 Å². The summed E-state index contributed by atoms with van der Waals surface area (Å²) in [5.41, 5.74) is 3.78. The first-order chi connectivity index (χ1) is 15.6. The molecule has 5 rings (SSSR count). The summed E-state index contributed by atoms with van der Waals surface area (Å²) in [7, 11) is 0. The van der Waals surface area contributed by atoms with Crippen molar-refractivity contribution in [3.8, 4) is 0 Å². The summed E-state index contributed by atoms with van der Waals surface area (Å²) in [6, 6.07) is 9.16. The van der Waals surface area contributed by atoms with E-state index < -0.39 is 0 Å². The maximum atomic E-state index is 13.0. The Morgan fingerprint density at radius 2 is 2.06 bits per heavy atom. The van der Waals surface area contributed by atoms with Gasteiger partial charge in [0.15, 0.2) is 5.13 Å². The fourth-order valence-corrected chi connectivity index (χ4v) is 4.53. The lowest BCUT2D eigenvalue weighted by Gasteiger charge is -2.16. The second-order valence-corrected chi connectivity index (χ2v) is 8.38. The second-order valence-electron chi connectivity index (χ2n) is 7.40. The van der Waals surface area contributed by atoms with Crippen LogP contribution in [-0.2, 0) is 13.1 Å². The van der Waals surface area contributed by atoms with Crippen molar-refractivity contribution in [1.82, 2.24) is 30.5 Å². The van der Waals surface area contributed by atoms with E-state index in [4.69, 9.17) is 4.63 Å². The average Bonchev–Trinajstić information content (AvgIpc) is 3.52. The van der Waals surface area contributed by atoms with Crippen molar-refractivity contribution in [3.05, 3.63) is 64.4 Å². The molecule has 0 radical (unpaired) electrons. The van der Waals surface area contributed by atoms with E-state index in [0.29, 0.717) is 52.9 Å². The number of rotatable bonds is 6. The number of benzene rings is 1. The zero-order valence-electron chi connectivity index (χ0n) is 17.2. The number of carbonyl (C=O) groups is 2. The summed E-state index contributed by atoms with van der Waals surface area (Å²) in [6.45, 7) is 3.67. The molecular formula is C21H19N7O3S. The van der Waals surface area contributed by atoms with E-state index in [-0.39, 0.29) is 11.9 Å². The van der Waals surface area contributed by atoms with Gasteiger partial charge in [-0.2, -0.15) is 0 Å². The molecule has 11 heteroatoms. The number of carbonyl (C=O) groups excluding carboxylic acids is 2. The number of thiazole rings is 1. The molecule has 0 spiro atoms. The predicted molar refractivity (Wildman–Crippen MR) is 117 cm³/mol. The van der Waals surface area contributed by atoms with Gasteiger partial charge in [0.05, 0.1) is 5.69 Å². The first-order valence-electron chi connectivity index (χ1n) is 10.0. The van der Waals surface area contributed by atoms with Crippen LogP contribution in [0.3, 0.4) is 0 Å². The van der Waals surface area contributed by atoms with Crippen molar-refractivity contribution in [2.75, 3.05) is 18.0 Å². The number of aromatic nitrogens is 4. The fraction of sp³-hybridized carbons (Fsp3) is 0.238. The quantitative estimate of drug-likeness (QED) is 0.481. The number of urea groups is 1. The van der Waals surface area contributed by atoms with Crippen molar-refractivity contribution in [2.45, 2.75) is 20.0 Å². The highest BCUT2D eigenvalue weighted by molar-refractivity contribution is 7.17. The Morgan fingerprint density at radius 1 is 1.19 bits per heavy atom. The number of hydrogen-bond acceptors (Lipinski definition) is 8. The molecule has 0 unspecified atom stereocenters. The Hall–Kier alpha value is -3.86. The van der Waals surface area contributed by atoms with Crippen molar-refractivity contribution in [3.63, 3.8) is 0 Å². The van der Waals surface area contributed by atoms with Gasteiger partial charge in [-0.15, -0.1) is 0 Å². The number of nitrogens with one attached hydrogen (secondary N) is 1. The molecule has 1 aliphatic rings. The lowest BCUT2D eigenvalue weighted by Crippen LogP contribution is -2.31. The Kier molecular flexibility index (Phi) is 5.23. The van der Waals surface area contributed by atoms with E-state index in [2.05, 4.69) is 25.6 Å².